The van der Waals surface area contributed by atoms with Gasteiger partial charge in [0.15, 0.2) is 0 Å². The molecule has 0 spiro atoms. The highest BCUT2D eigenvalue weighted by Crippen LogP contribution is 2.31. The van der Waals surface area contributed by atoms with Crippen LogP contribution in [0.4, 0.5) is 0 Å². The number of hydrogen-bond donors (Lipinski definition) is 1. The fraction of sp³-hybridized carbons (Fsp3) is 0.769. The van der Waals surface area contributed by atoms with Gasteiger partial charge in [-0.3, -0.25) is 0 Å². The van der Waals surface area contributed by atoms with Gasteiger partial charge < -0.3 is 9.88 Å². The smallest absolute Gasteiger partial charge is 0.0954 e. The molecule has 1 N–H and O–H groups in total. The van der Waals surface area contributed by atoms with Crippen LogP contribution in [0.2, 0.25) is 0 Å². The van der Waals surface area contributed by atoms with Crippen molar-refractivity contribution in [1.82, 2.24) is 14.9 Å². The van der Waals surface area contributed by atoms with E-state index in [9.17, 15) is 0 Å². The number of nitrogens with zero attached hydrogens (tertiary/aromatic N) is 2. The molecule has 1 aromatic heterocycles. The highest BCUT2D eigenvalue weighted by molar-refractivity contribution is 5.10. The van der Waals surface area contributed by atoms with Gasteiger partial charge in [-0.2, -0.15) is 0 Å². The maximum atomic E-state index is 4.39. The van der Waals surface area contributed by atoms with Crippen LogP contribution < -0.4 is 5.32 Å². The van der Waals surface area contributed by atoms with E-state index in [2.05, 4.69) is 35.6 Å². The summed E-state index contributed by atoms with van der Waals surface area (Å²) in [5, 5.41) is 3.62. The molecule has 0 amide bonds. The third kappa shape index (κ3) is 2.29. The van der Waals surface area contributed by atoms with Crippen molar-refractivity contribution in [2.75, 3.05) is 6.54 Å². The molecule has 1 aliphatic rings. The third-order valence-electron chi connectivity index (χ3n) is 3.77. The zero-order chi connectivity index (χ0) is 11.5. The van der Waals surface area contributed by atoms with Gasteiger partial charge in [0, 0.05) is 17.8 Å². The molecule has 0 bridgehead atoms. The molecule has 16 heavy (non-hydrogen) atoms. The standard InChI is InChI=1S/C13H23N3/c1-4-7-14-12-5-6-13(8-12)16-9-15-10(2)11(16)3/h9,12-14H,4-8H2,1-3H3. The first kappa shape index (κ1) is 11.6. The van der Waals surface area contributed by atoms with Crippen molar-refractivity contribution in [1.29, 1.82) is 0 Å². The molecule has 0 radical (unpaired) electrons. The topological polar surface area (TPSA) is 29.9 Å². The van der Waals surface area contributed by atoms with Crippen LogP contribution in [0.5, 0.6) is 0 Å². The lowest BCUT2D eigenvalue weighted by molar-refractivity contribution is 0.468. The third-order valence-corrected chi connectivity index (χ3v) is 3.77. The Morgan fingerprint density at radius 2 is 2.25 bits per heavy atom. The van der Waals surface area contributed by atoms with E-state index in [0.29, 0.717) is 12.1 Å². The zero-order valence-corrected chi connectivity index (χ0v) is 10.7. The molecule has 2 atom stereocenters. The normalized spacial score (nSPS) is 25.2. The number of aromatic nitrogens is 2. The average molecular weight is 221 g/mol. The zero-order valence-electron chi connectivity index (χ0n) is 10.7. The van der Waals surface area contributed by atoms with Crippen LogP contribution in [0.15, 0.2) is 6.33 Å². The first-order valence-corrected chi connectivity index (χ1v) is 6.45. The summed E-state index contributed by atoms with van der Waals surface area (Å²) in [6, 6.07) is 1.38. The number of hydrogen-bond acceptors (Lipinski definition) is 2. The Hall–Kier alpha value is -0.830. The van der Waals surface area contributed by atoms with E-state index in [1.54, 1.807) is 0 Å². The Morgan fingerprint density at radius 3 is 2.88 bits per heavy atom. The Balaban J connectivity index is 1.95. The second-order valence-corrected chi connectivity index (χ2v) is 4.94. The fourth-order valence-corrected chi connectivity index (χ4v) is 2.63. The highest BCUT2D eigenvalue weighted by atomic mass is 15.1. The monoisotopic (exact) mass is 221 g/mol. The molecule has 3 nitrogen and oxygen atoms in total. The molecule has 2 unspecified atom stereocenters. The molecule has 3 heteroatoms. The van der Waals surface area contributed by atoms with Crippen LogP contribution in [0, 0.1) is 13.8 Å². The van der Waals surface area contributed by atoms with Crippen molar-refractivity contribution < 1.29 is 0 Å². The summed E-state index contributed by atoms with van der Waals surface area (Å²) in [4.78, 5) is 4.39. The minimum atomic E-state index is 0.663. The predicted molar refractivity (Wildman–Crippen MR) is 66.7 cm³/mol. The van der Waals surface area contributed by atoms with E-state index in [1.165, 1.54) is 37.1 Å². The van der Waals surface area contributed by atoms with Crippen molar-refractivity contribution in [3.8, 4) is 0 Å². The molecule has 90 valence electrons. The Bertz CT molecular complexity index is 343. The van der Waals surface area contributed by atoms with Gasteiger partial charge in [0.2, 0.25) is 0 Å². The van der Waals surface area contributed by atoms with Gasteiger partial charge in [0.1, 0.15) is 0 Å². The molecule has 0 saturated heterocycles. The number of imidazole rings is 1. The first-order chi connectivity index (χ1) is 7.72. The van der Waals surface area contributed by atoms with Gasteiger partial charge in [-0.25, -0.2) is 4.98 Å². The van der Waals surface area contributed by atoms with Crippen molar-refractivity contribution in [3.63, 3.8) is 0 Å². The molecule has 1 saturated carbocycles. The molecular formula is C13H23N3. The van der Waals surface area contributed by atoms with E-state index >= 15 is 0 Å². The van der Waals surface area contributed by atoms with Crippen LogP contribution in [0.3, 0.4) is 0 Å². The van der Waals surface area contributed by atoms with Gasteiger partial charge in [0.05, 0.1) is 12.0 Å². The summed E-state index contributed by atoms with van der Waals surface area (Å²) in [6.07, 6.45) is 7.10. The predicted octanol–water partition coefficient (Wildman–Crippen LogP) is 2.59. The van der Waals surface area contributed by atoms with E-state index in [-0.39, 0.29) is 0 Å². The Labute approximate surface area is 98.3 Å². The summed E-state index contributed by atoms with van der Waals surface area (Å²) < 4.78 is 2.36. The van der Waals surface area contributed by atoms with Gasteiger partial charge in [-0.15, -0.1) is 0 Å². The minimum Gasteiger partial charge on any atom is -0.332 e. The van der Waals surface area contributed by atoms with Crippen molar-refractivity contribution >= 4 is 0 Å². The van der Waals surface area contributed by atoms with Crippen LogP contribution in [0.25, 0.3) is 0 Å². The molecule has 1 heterocycles. The lowest BCUT2D eigenvalue weighted by Gasteiger charge is -2.15. The van der Waals surface area contributed by atoms with Gasteiger partial charge >= 0.3 is 0 Å². The summed E-state index contributed by atoms with van der Waals surface area (Å²) in [6.45, 7) is 7.64. The Kier molecular flexibility index (Phi) is 3.64. The molecule has 0 aromatic carbocycles. The van der Waals surface area contributed by atoms with E-state index in [0.717, 1.165) is 6.54 Å². The van der Waals surface area contributed by atoms with Gasteiger partial charge in [0.25, 0.3) is 0 Å². The quantitative estimate of drug-likeness (QED) is 0.847. The molecule has 0 aliphatic heterocycles. The van der Waals surface area contributed by atoms with E-state index < -0.39 is 0 Å². The van der Waals surface area contributed by atoms with Gasteiger partial charge in [-0.05, 0) is 46.1 Å². The first-order valence-electron chi connectivity index (χ1n) is 6.45. The number of nitrogens with one attached hydrogen (secondary N) is 1. The fourth-order valence-electron chi connectivity index (χ4n) is 2.63. The molecule has 1 aliphatic carbocycles. The number of rotatable bonds is 4. The Morgan fingerprint density at radius 1 is 1.44 bits per heavy atom. The second-order valence-electron chi connectivity index (χ2n) is 4.94. The van der Waals surface area contributed by atoms with Gasteiger partial charge in [-0.1, -0.05) is 6.92 Å². The average Bonchev–Trinajstić information content (AvgIpc) is 2.85. The summed E-state index contributed by atoms with van der Waals surface area (Å²) in [5.74, 6) is 0. The number of aryl methyl sites for hydroxylation is 1. The van der Waals surface area contributed by atoms with Crippen LogP contribution in [-0.4, -0.2) is 22.1 Å². The molecule has 1 aromatic rings. The lowest BCUT2D eigenvalue weighted by atomic mass is 10.2. The van der Waals surface area contributed by atoms with Crippen LogP contribution in [-0.2, 0) is 0 Å². The summed E-state index contributed by atoms with van der Waals surface area (Å²) in [7, 11) is 0. The van der Waals surface area contributed by atoms with Crippen LogP contribution >= 0.6 is 0 Å². The molecule has 1 fully saturated rings. The van der Waals surface area contributed by atoms with Crippen molar-refractivity contribution in [2.24, 2.45) is 0 Å². The summed E-state index contributed by atoms with van der Waals surface area (Å²) in [5.41, 5.74) is 2.51. The maximum absolute atomic E-state index is 4.39. The minimum absolute atomic E-state index is 0.663. The van der Waals surface area contributed by atoms with Crippen LogP contribution in [0.1, 0.15) is 50.0 Å². The molecule has 2 rings (SSSR count). The maximum Gasteiger partial charge on any atom is 0.0954 e. The SMILES string of the molecule is CCCNC1CCC(n2cnc(C)c2C)C1. The van der Waals surface area contributed by atoms with E-state index in [4.69, 9.17) is 0 Å². The summed E-state index contributed by atoms with van der Waals surface area (Å²) >= 11 is 0. The molecular weight excluding hydrogens is 198 g/mol. The highest BCUT2D eigenvalue weighted by Gasteiger charge is 2.26. The largest absolute Gasteiger partial charge is 0.332 e. The van der Waals surface area contributed by atoms with Crippen molar-refractivity contribution in [2.45, 2.75) is 58.5 Å². The van der Waals surface area contributed by atoms with Crippen molar-refractivity contribution in [3.05, 3.63) is 17.7 Å². The van der Waals surface area contributed by atoms with E-state index in [1.807, 2.05) is 6.33 Å². The second kappa shape index (κ2) is 5.00. The lowest BCUT2D eigenvalue weighted by Crippen LogP contribution is -2.27.